The molecule has 1 aliphatic rings. The summed E-state index contributed by atoms with van der Waals surface area (Å²) < 4.78 is 69.1. The Bertz CT molecular complexity index is 1030. The molecule has 0 atom stereocenters. The van der Waals surface area contributed by atoms with Crippen molar-refractivity contribution in [3.05, 3.63) is 48.0 Å². The Morgan fingerprint density at radius 2 is 1.83 bits per heavy atom. The lowest BCUT2D eigenvalue weighted by molar-refractivity contribution is -0.118. The predicted molar refractivity (Wildman–Crippen MR) is 103 cm³/mol. The van der Waals surface area contributed by atoms with Gasteiger partial charge in [-0.3, -0.25) is 4.79 Å². The maximum Gasteiger partial charge on any atom is 0.262 e. The van der Waals surface area contributed by atoms with E-state index in [0.717, 1.165) is 12.1 Å². The van der Waals surface area contributed by atoms with Gasteiger partial charge in [-0.2, -0.15) is 4.31 Å². The second-order valence-electron chi connectivity index (χ2n) is 6.29. The number of rotatable bonds is 7. The third-order valence-electron chi connectivity index (χ3n) is 4.29. The summed E-state index contributed by atoms with van der Waals surface area (Å²) in [5.74, 6) is -2.51. The van der Waals surface area contributed by atoms with E-state index in [1.165, 1.54) is 29.6 Å². The number of hydrogen-bond acceptors (Lipinski definition) is 6. The van der Waals surface area contributed by atoms with Gasteiger partial charge in [0, 0.05) is 24.8 Å². The molecule has 2 aromatic rings. The van der Waals surface area contributed by atoms with E-state index in [1.807, 2.05) is 0 Å². The molecule has 1 aliphatic heterocycles. The first-order valence-electron chi connectivity index (χ1n) is 8.95. The standard InChI is InChI=1S/C19H20F2N2O6S/c1-27-17-5-3-14(11-18(17)30(25,26)23-6-8-28-9-7-23)22-19(24)12-29-16-4-2-13(20)10-15(16)21/h2-5,10-11H,6-9,12H2,1H3,(H,22,24). The topological polar surface area (TPSA) is 94.2 Å². The fourth-order valence-corrected chi connectivity index (χ4v) is 4.40. The molecule has 0 spiro atoms. The molecule has 0 unspecified atom stereocenters. The minimum atomic E-state index is -3.87. The van der Waals surface area contributed by atoms with Gasteiger partial charge in [0.2, 0.25) is 10.0 Å². The first kappa shape index (κ1) is 21.9. The van der Waals surface area contributed by atoms with Gasteiger partial charge >= 0.3 is 0 Å². The normalized spacial score (nSPS) is 14.9. The molecule has 1 fully saturated rings. The number of carbonyl (C=O) groups is 1. The quantitative estimate of drug-likeness (QED) is 0.705. The molecule has 0 aromatic heterocycles. The molecule has 0 radical (unpaired) electrons. The fraction of sp³-hybridized carbons (Fsp3) is 0.316. The highest BCUT2D eigenvalue weighted by atomic mass is 32.2. The number of ether oxygens (including phenoxy) is 3. The zero-order valence-electron chi connectivity index (χ0n) is 16.1. The number of anilines is 1. The van der Waals surface area contributed by atoms with Gasteiger partial charge in [0.15, 0.2) is 18.2 Å². The Morgan fingerprint density at radius 3 is 2.50 bits per heavy atom. The SMILES string of the molecule is COc1ccc(NC(=O)COc2ccc(F)cc2F)cc1S(=O)(=O)N1CCOCC1. The second kappa shape index (κ2) is 9.37. The van der Waals surface area contributed by atoms with Crippen LogP contribution in [-0.4, -0.2) is 58.7 Å². The molecule has 11 heteroatoms. The molecule has 8 nitrogen and oxygen atoms in total. The molecule has 3 rings (SSSR count). The summed E-state index contributed by atoms with van der Waals surface area (Å²) in [5, 5.41) is 2.49. The van der Waals surface area contributed by atoms with Crippen molar-refractivity contribution in [2.24, 2.45) is 0 Å². The summed E-state index contributed by atoms with van der Waals surface area (Å²) in [5.41, 5.74) is 0.191. The number of benzene rings is 2. The lowest BCUT2D eigenvalue weighted by Gasteiger charge is -2.26. The molecule has 0 aliphatic carbocycles. The van der Waals surface area contributed by atoms with Crippen LogP contribution in [0.4, 0.5) is 14.5 Å². The van der Waals surface area contributed by atoms with Crippen molar-refractivity contribution in [1.29, 1.82) is 0 Å². The van der Waals surface area contributed by atoms with Crippen LogP contribution in [0.3, 0.4) is 0 Å². The Kier molecular flexibility index (Phi) is 6.85. The van der Waals surface area contributed by atoms with Crippen LogP contribution in [0.2, 0.25) is 0 Å². The third-order valence-corrected chi connectivity index (χ3v) is 6.21. The average molecular weight is 442 g/mol. The van der Waals surface area contributed by atoms with Crippen LogP contribution in [0.15, 0.2) is 41.3 Å². The molecule has 1 heterocycles. The highest BCUT2D eigenvalue weighted by Gasteiger charge is 2.29. The van der Waals surface area contributed by atoms with E-state index in [9.17, 15) is 22.0 Å². The third kappa shape index (κ3) is 5.04. The van der Waals surface area contributed by atoms with Gasteiger partial charge in [0.05, 0.1) is 20.3 Å². The van der Waals surface area contributed by atoms with Gasteiger partial charge < -0.3 is 19.5 Å². The van der Waals surface area contributed by atoms with Crippen LogP contribution in [0.5, 0.6) is 11.5 Å². The number of morpholine rings is 1. The van der Waals surface area contributed by atoms with Crippen molar-refractivity contribution >= 4 is 21.6 Å². The maximum absolute atomic E-state index is 13.6. The van der Waals surface area contributed by atoms with E-state index in [-0.39, 0.29) is 48.4 Å². The van der Waals surface area contributed by atoms with Crippen LogP contribution in [0.1, 0.15) is 0 Å². The smallest absolute Gasteiger partial charge is 0.262 e. The second-order valence-corrected chi connectivity index (χ2v) is 8.20. The Morgan fingerprint density at radius 1 is 1.13 bits per heavy atom. The van der Waals surface area contributed by atoms with Crippen LogP contribution >= 0.6 is 0 Å². The first-order chi connectivity index (χ1) is 14.3. The minimum absolute atomic E-state index is 0.102. The zero-order valence-corrected chi connectivity index (χ0v) is 16.9. The molecular weight excluding hydrogens is 422 g/mol. The average Bonchev–Trinajstić information content (AvgIpc) is 2.73. The summed E-state index contributed by atoms with van der Waals surface area (Å²) in [6, 6.07) is 6.87. The van der Waals surface area contributed by atoms with Crippen molar-refractivity contribution in [2.75, 3.05) is 45.3 Å². The number of halogens is 2. The van der Waals surface area contributed by atoms with Gasteiger partial charge in [0.25, 0.3) is 5.91 Å². The fourth-order valence-electron chi connectivity index (χ4n) is 2.81. The van der Waals surface area contributed by atoms with Gasteiger partial charge in [0.1, 0.15) is 16.5 Å². The van der Waals surface area contributed by atoms with Crippen molar-refractivity contribution in [1.82, 2.24) is 4.31 Å². The zero-order chi connectivity index (χ0) is 21.7. The van der Waals surface area contributed by atoms with Crippen LogP contribution < -0.4 is 14.8 Å². The van der Waals surface area contributed by atoms with Crippen LogP contribution in [0, 0.1) is 11.6 Å². The van der Waals surface area contributed by atoms with E-state index in [2.05, 4.69) is 5.32 Å². The van der Waals surface area contributed by atoms with Gasteiger partial charge in [-0.25, -0.2) is 17.2 Å². The van der Waals surface area contributed by atoms with E-state index in [1.54, 1.807) is 0 Å². The summed E-state index contributed by atoms with van der Waals surface area (Å²) in [4.78, 5) is 12.0. The number of sulfonamides is 1. The van der Waals surface area contributed by atoms with E-state index < -0.39 is 34.2 Å². The van der Waals surface area contributed by atoms with E-state index >= 15 is 0 Å². The summed E-state index contributed by atoms with van der Waals surface area (Å²) in [7, 11) is -2.52. The summed E-state index contributed by atoms with van der Waals surface area (Å²) in [6.45, 7) is 0.433. The predicted octanol–water partition coefficient (Wildman–Crippen LogP) is 2.01. The number of carbonyl (C=O) groups excluding carboxylic acids is 1. The molecular formula is C19H20F2N2O6S. The van der Waals surface area contributed by atoms with Crippen molar-refractivity contribution < 1.29 is 36.2 Å². The Hall–Kier alpha value is -2.76. The number of hydrogen-bond donors (Lipinski definition) is 1. The van der Waals surface area contributed by atoms with Crippen molar-refractivity contribution in [3.63, 3.8) is 0 Å². The minimum Gasteiger partial charge on any atom is -0.495 e. The van der Waals surface area contributed by atoms with Crippen molar-refractivity contribution in [2.45, 2.75) is 4.90 Å². The van der Waals surface area contributed by atoms with Crippen LogP contribution in [0.25, 0.3) is 0 Å². The lowest BCUT2D eigenvalue weighted by Crippen LogP contribution is -2.40. The molecule has 2 aromatic carbocycles. The molecule has 30 heavy (non-hydrogen) atoms. The first-order valence-corrected chi connectivity index (χ1v) is 10.4. The molecule has 0 saturated carbocycles. The summed E-state index contributed by atoms with van der Waals surface area (Å²) in [6.07, 6.45) is 0. The Labute approximate surface area is 172 Å². The van der Waals surface area contributed by atoms with Gasteiger partial charge in [-0.05, 0) is 30.3 Å². The number of methoxy groups -OCH3 is 1. The van der Waals surface area contributed by atoms with E-state index in [0.29, 0.717) is 6.07 Å². The van der Waals surface area contributed by atoms with E-state index in [4.69, 9.17) is 14.2 Å². The lowest BCUT2D eigenvalue weighted by atomic mass is 10.3. The van der Waals surface area contributed by atoms with Gasteiger partial charge in [-0.1, -0.05) is 0 Å². The maximum atomic E-state index is 13.6. The van der Waals surface area contributed by atoms with Crippen LogP contribution in [-0.2, 0) is 19.6 Å². The monoisotopic (exact) mass is 442 g/mol. The molecule has 1 N–H and O–H groups in total. The number of nitrogens with zero attached hydrogens (tertiary/aromatic N) is 1. The number of nitrogens with one attached hydrogen (secondary N) is 1. The molecule has 0 bridgehead atoms. The van der Waals surface area contributed by atoms with Gasteiger partial charge in [-0.15, -0.1) is 0 Å². The Balaban J connectivity index is 1.73. The summed E-state index contributed by atoms with van der Waals surface area (Å²) >= 11 is 0. The molecule has 162 valence electrons. The molecule has 1 saturated heterocycles. The largest absolute Gasteiger partial charge is 0.495 e. The number of amides is 1. The molecule has 1 amide bonds. The van der Waals surface area contributed by atoms with Crippen molar-refractivity contribution in [3.8, 4) is 11.5 Å². The highest BCUT2D eigenvalue weighted by molar-refractivity contribution is 7.89. The highest BCUT2D eigenvalue weighted by Crippen LogP contribution is 2.30.